The fourth-order valence-corrected chi connectivity index (χ4v) is 2.29. The summed E-state index contributed by atoms with van der Waals surface area (Å²) in [6.07, 6.45) is -0.903. The Morgan fingerprint density at radius 2 is 1.96 bits per heavy atom. The van der Waals surface area contributed by atoms with Crippen molar-refractivity contribution < 1.29 is 33.8 Å². The number of hydrogen-bond acceptors (Lipinski definition) is 8. The molecule has 1 heterocycles. The van der Waals surface area contributed by atoms with Crippen molar-refractivity contribution in [2.45, 2.75) is 25.8 Å². The second-order valence-corrected chi connectivity index (χ2v) is 5.54. The normalized spacial score (nSPS) is 11.7. The van der Waals surface area contributed by atoms with E-state index in [-0.39, 0.29) is 17.8 Å². The SMILES string of the molecule is Cc1cc(=O)oc2cc(OCC(=O)N[C@H](CCC(=O)[O-])C(=O)[O-])ccc12. The summed E-state index contributed by atoms with van der Waals surface area (Å²) in [4.78, 5) is 44.5. The molecule has 0 aliphatic rings. The number of carbonyl (C=O) groups is 3. The minimum absolute atomic E-state index is 0.237. The first-order chi connectivity index (χ1) is 12.3. The average Bonchev–Trinajstić information content (AvgIpc) is 2.55. The fraction of sp³-hybridized carbons (Fsp3) is 0.294. The predicted octanol–water partition coefficient (Wildman–Crippen LogP) is -1.75. The third-order valence-corrected chi connectivity index (χ3v) is 3.55. The second kappa shape index (κ2) is 8.15. The van der Waals surface area contributed by atoms with Crippen molar-refractivity contribution in [1.29, 1.82) is 0 Å². The first-order valence-corrected chi connectivity index (χ1v) is 7.63. The van der Waals surface area contributed by atoms with Gasteiger partial charge in [0.25, 0.3) is 5.91 Å². The molecule has 0 spiro atoms. The van der Waals surface area contributed by atoms with Crippen molar-refractivity contribution in [3.05, 3.63) is 40.2 Å². The Morgan fingerprint density at radius 3 is 2.62 bits per heavy atom. The van der Waals surface area contributed by atoms with Crippen LogP contribution in [-0.4, -0.2) is 30.5 Å². The van der Waals surface area contributed by atoms with E-state index in [4.69, 9.17) is 9.15 Å². The van der Waals surface area contributed by atoms with E-state index in [0.717, 1.165) is 5.56 Å². The minimum atomic E-state index is -1.61. The molecule has 0 radical (unpaired) electrons. The predicted molar refractivity (Wildman–Crippen MR) is 83.9 cm³/mol. The molecule has 1 aromatic carbocycles. The van der Waals surface area contributed by atoms with Crippen molar-refractivity contribution in [3.8, 4) is 5.75 Å². The highest BCUT2D eigenvalue weighted by Gasteiger charge is 2.14. The smallest absolute Gasteiger partial charge is 0.336 e. The molecule has 9 heteroatoms. The molecule has 0 saturated carbocycles. The molecule has 2 aromatic rings. The maximum atomic E-state index is 11.8. The van der Waals surface area contributed by atoms with E-state index >= 15 is 0 Å². The number of benzene rings is 1. The van der Waals surface area contributed by atoms with Crippen LogP contribution >= 0.6 is 0 Å². The summed E-state index contributed by atoms with van der Waals surface area (Å²) in [5.74, 6) is -3.58. The highest BCUT2D eigenvalue weighted by molar-refractivity contribution is 5.84. The summed E-state index contributed by atoms with van der Waals surface area (Å²) < 4.78 is 10.3. The summed E-state index contributed by atoms with van der Waals surface area (Å²) in [5.41, 5.74) is 0.495. The van der Waals surface area contributed by atoms with Crippen LogP contribution in [0.2, 0.25) is 0 Å². The van der Waals surface area contributed by atoms with Crippen molar-refractivity contribution in [2.75, 3.05) is 6.61 Å². The van der Waals surface area contributed by atoms with Gasteiger partial charge in [-0.3, -0.25) is 4.79 Å². The number of carboxylic acids is 2. The Hall–Kier alpha value is -3.36. The monoisotopic (exact) mass is 361 g/mol. The molecule has 1 amide bonds. The molecular weight excluding hydrogens is 346 g/mol. The topological polar surface area (TPSA) is 149 Å². The van der Waals surface area contributed by atoms with Gasteiger partial charge in [-0.1, -0.05) is 0 Å². The van der Waals surface area contributed by atoms with E-state index in [1.54, 1.807) is 19.1 Å². The molecular formula is C17H15NO8-2. The Morgan fingerprint density at radius 1 is 1.23 bits per heavy atom. The third kappa shape index (κ3) is 5.07. The number of hydrogen-bond donors (Lipinski definition) is 1. The lowest BCUT2D eigenvalue weighted by Gasteiger charge is -2.20. The molecule has 26 heavy (non-hydrogen) atoms. The number of aryl methyl sites for hydroxylation is 1. The number of carbonyl (C=O) groups excluding carboxylic acids is 3. The molecule has 2 rings (SSSR count). The van der Waals surface area contributed by atoms with Crippen molar-refractivity contribution in [3.63, 3.8) is 0 Å². The fourth-order valence-electron chi connectivity index (χ4n) is 2.29. The molecule has 0 fully saturated rings. The maximum absolute atomic E-state index is 11.8. The van der Waals surface area contributed by atoms with E-state index in [1.807, 2.05) is 0 Å². The molecule has 1 N–H and O–H groups in total. The van der Waals surface area contributed by atoms with Crippen LogP contribution < -0.4 is 25.9 Å². The molecule has 9 nitrogen and oxygen atoms in total. The van der Waals surface area contributed by atoms with Crippen LogP contribution in [-0.2, 0) is 14.4 Å². The van der Waals surface area contributed by atoms with Gasteiger partial charge in [-0.2, -0.15) is 0 Å². The Kier molecular flexibility index (Phi) is 5.94. The quantitative estimate of drug-likeness (QED) is 0.544. The molecule has 0 saturated heterocycles. The summed E-state index contributed by atoms with van der Waals surface area (Å²) in [7, 11) is 0. The Balaban J connectivity index is 2.00. The molecule has 0 unspecified atom stereocenters. The van der Waals surface area contributed by atoms with Crippen molar-refractivity contribution in [1.82, 2.24) is 5.32 Å². The molecule has 138 valence electrons. The molecule has 0 aliphatic carbocycles. The van der Waals surface area contributed by atoms with Gasteiger partial charge in [0.2, 0.25) is 0 Å². The lowest BCUT2D eigenvalue weighted by Crippen LogP contribution is -2.49. The molecule has 0 bridgehead atoms. The minimum Gasteiger partial charge on any atom is -0.550 e. The number of rotatable bonds is 8. The van der Waals surface area contributed by atoms with E-state index in [1.165, 1.54) is 12.1 Å². The van der Waals surface area contributed by atoms with Gasteiger partial charge in [0.1, 0.15) is 11.3 Å². The van der Waals surface area contributed by atoms with E-state index in [2.05, 4.69) is 5.32 Å². The van der Waals surface area contributed by atoms with Gasteiger partial charge >= 0.3 is 5.63 Å². The third-order valence-electron chi connectivity index (χ3n) is 3.55. The van der Waals surface area contributed by atoms with E-state index < -0.39 is 42.5 Å². The largest absolute Gasteiger partial charge is 0.550 e. The number of aliphatic carboxylic acids is 2. The lowest BCUT2D eigenvalue weighted by atomic mass is 10.1. The number of amides is 1. The summed E-state index contributed by atoms with van der Waals surface area (Å²) >= 11 is 0. The Bertz CT molecular complexity index is 901. The van der Waals surface area contributed by atoms with Crippen LogP contribution in [0.3, 0.4) is 0 Å². The van der Waals surface area contributed by atoms with Crippen LogP contribution in [0.25, 0.3) is 11.0 Å². The highest BCUT2D eigenvalue weighted by atomic mass is 16.5. The van der Waals surface area contributed by atoms with Crippen molar-refractivity contribution >= 4 is 28.8 Å². The van der Waals surface area contributed by atoms with Crippen LogP contribution in [0.1, 0.15) is 18.4 Å². The van der Waals surface area contributed by atoms with Gasteiger partial charge in [-0.05, 0) is 37.5 Å². The van der Waals surface area contributed by atoms with Crippen molar-refractivity contribution in [2.24, 2.45) is 0 Å². The first-order valence-electron chi connectivity index (χ1n) is 7.63. The molecule has 0 aliphatic heterocycles. The van der Waals surface area contributed by atoms with Gasteiger partial charge in [0, 0.05) is 23.5 Å². The first kappa shape index (κ1) is 19.0. The van der Waals surface area contributed by atoms with E-state index in [9.17, 15) is 29.4 Å². The summed E-state index contributed by atoms with van der Waals surface area (Å²) in [5, 5.41) is 24.1. The zero-order valence-electron chi connectivity index (χ0n) is 13.8. The zero-order chi connectivity index (χ0) is 19.3. The van der Waals surface area contributed by atoms with Gasteiger partial charge in [-0.25, -0.2) is 4.79 Å². The Labute approximate surface area is 147 Å². The summed E-state index contributed by atoms with van der Waals surface area (Å²) in [6, 6.07) is 4.53. The molecule has 1 atom stereocenters. The average molecular weight is 361 g/mol. The van der Waals surface area contributed by atoms with Gasteiger partial charge in [-0.15, -0.1) is 0 Å². The van der Waals surface area contributed by atoms with Crippen LogP contribution in [0.15, 0.2) is 33.5 Å². The van der Waals surface area contributed by atoms with Crippen LogP contribution in [0.4, 0.5) is 0 Å². The van der Waals surface area contributed by atoms with Gasteiger partial charge in [0.15, 0.2) is 6.61 Å². The zero-order valence-corrected chi connectivity index (χ0v) is 13.8. The second-order valence-electron chi connectivity index (χ2n) is 5.54. The van der Waals surface area contributed by atoms with Crippen LogP contribution in [0, 0.1) is 6.92 Å². The standard InChI is InChI=1S/C17H17NO8/c1-9-6-16(22)26-13-7-10(2-3-11(9)13)25-8-14(19)18-12(17(23)24)4-5-15(20)21/h2-3,6-7,12H,4-5,8H2,1H3,(H,18,19)(H,20,21)(H,23,24)/p-2/t12-/m1/s1. The highest BCUT2D eigenvalue weighted by Crippen LogP contribution is 2.22. The number of nitrogens with one attached hydrogen (secondary N) is 1. The van der Waals surface area contributed by atoms with E-state index in [0.29, 0.717) is 5.39 Å². The molecule has 1 aromatic heterocycles. The number of fused-ring (bicyclic) bond motifs is 1. The van der Waals surface area contributed by atoms with Gasteiger partial charge < -0.3 is 34.3 Å². The maximum Gasteiger partial charge on any atom is 0.336 e. The number of carboxylic acid groups (broad SMARTS) is 2. The van der Waals surface area contributed by atoms with Gasteiger partial charge in [0.05, 0.1) is 12.0 Å². The van der Waals surface area contributed by atoms with Crippen LogP contribution in [0.5, 0.6) is 5.75 Å². The summed E-state index contributed by atoms with van der Waals surface area (Å²) in [6.45, 7) is 1.23. The lowest BCUT2D eigenvalue weighted by molar-refractivity contribution is -0.310. The number of ether oxygens (including phenoxy) is 1.